The van der Waals surface area contributed by atoms with E-state index in [-0.39, 0.29) is 28.6 Å². The zero-order valence-electron chi connectivity index (χ0n) is 13.2. The lowest BCUT2D eigenvalue weighted by Gasteiger charge is -2.17. The van der Waals surface area contributed by atoms with E-state index in [1.807, 2.05) is 26.8 Å². The fourth-order valence-electron chi connectivity index (χ4n) is 2.24. The third-order valence-corrected chi connectivity index (χ3v) is 5.58. The van der Waals surface area contributed by atoms with E-state index in [1.54, 1.807) is 6.07 Å². The van der Waals surface area contributed by atoms with Crippen molar-refractivity contribution in [3.63, 3.8) is 0 Å². The fraction of sp³-hybridized carbons (Fsp3) is 0.562. The van der Waals surface area contributed by atoms with Crippen molar-refractivity contribution in [3.8, 4) is 0 Å². The number of carbonyl (C=O) groups excluding carboxylic acids is 1. The minimum absolute atomic E-state index is 0.0508. The van der Waals surface area contributed by atoms with Crippen LogP contribution in [0, 0.1) is 5.82 Å². The van der Waals surface area contributed by atoms with Gasteiger partial charge < -0.3 is 10.6 Å². The number of hydrogen-bond donors (Lipinski definition) is 2. The van der Waals surface area contributed by atoms with Gasteiger partial charge in [-0.05, 0) is 44.9 Å². The summed E-state index contributed by atoms with van der Waals surface area (Å²) in [5.74, 6) is 0.372. The van der Waals surface area contributed by atoms with Gasteiger partial charge in [-0.15, -0.1) is 0 Å². The Hall–Kier alpha value is -1.43. The molecule has 122 valence electrons. The topological polar surface area (TPSA) is 58.2 Å². The maximum atomic E-state index is 13.2. The molecule has 6 heteroatoms. The van der Waals surface area contributed by atoms with Gasteiger partial charge in [0, 0.05) is 39.8 Å². The molecule has 0 aliphatic heterocycles. The van der Waals surface area contributed by atoms with Crippen LogP contribution >= 0.6 is 0 Å². The van der Waals surface area contributed by atoms with Crippen LogP contribution < -0.4 is 10.6 Å². The molecule has 1 aliphatic carbocycles. The standard InChI is InChI=1S/C16H23FN2O2S/c1-16(2,3)22(21)8-7-18-15(20)19-14-10-13(14)11-5-4-6-12(17)9-11/h4-6,9,13-14H,7-8,10H2,1-3H3,(H2,18,19,20)/t13-,14-,22+/m0/s1. The van der Waals surface area contributed by atoms with Crippen LogP contribution in [0.5, 0.6) is 0 Å². The first-order chi connectivity index (χ1) is 10.3. The molecule has 3 atom stereocenters. The van der Waals surface area contributed by atoms with Crippen LogP contribution in [0.2, 0.25) is 0 Å². The summed E-state index contributed by atoms with van der Waals surface area (Å²) >= 11 is 0. The minimum Gasteiger partial charge on any atom is -0.337 e. The molecule has 0 unspecified atom stereocenters. The second-order valence-corrected chi connectivity index (χ2v) is 8.89. The quantitative estimate of drug-likeness (QED) is 0.873. The van der Waals surface area contributed by atoms with E-state index >= 15 is 0 Å². The van der Waals surface area contributed by atoms with Crippen LogP contribution in [0.15, 0.2) is 24.3 Å². The second kappa shape index (κ2) is 6.77. The average Bonchev–Trinajstić information content (AvgIpc) is 3.16. The largest absolute Gasteiger partial charge is 0.337 e. The highest BCUT2D eigenvalue weighted by Crippen LogP contribution is 2.40. The molecule has 0 bridgehead atoms. The van der Waals surface area contributed by atoms with E-state index in [4.69, 9.17) is 0 Å². The molecule has 0 radical (unpaired) electrons. The number of rotatable bonds is 5. The summed E-state index contributed by atoms with van der Waals surface area (Å²) in [6.45, 7) is 6.12. The Bertz CT molecular complexity index is 572. The molecule has 0 aromatic heterocycles. The van der Waals surface area contributed by atoms with Gasteiger partial charge in [-0.1, -0.05) is 12.1 Å². The summed E-state index contributed by atoms with van der Waals surface area (Å²) in [4.78, 5) is 11.8. The van der Waals surface area contributed by atoms with Crippen LogP contribution in [-0.2, 0) is 10.8 Å². The summed E-state index contributed by atoms with van der Waals surface area (Å²) in [6.07, 6.45) is 0.824. The monoisotopic (exact) mass is 326 g/mol. The molecule has 2 rings (SSSR count). The molecule has 22 heavy (non-hydrogen) atoms. The molecule has 1 aromatic rings. The van der Waals surface area contributed by atoms with Crippen LogP contribution in [0.4, 0.5) is 9.18 Å². The SMILES string of the molecule is CC(C)(C)[S@](=O)CCNC(=O)N[C@H]1C[C@H]1c1cccc(F)c1. The first-order valence-corrected chi connectivity index (χ1v) is 8.77. The third kappa shape index (κ3) is 4.80. The predicted molar refractivity (Wildman–Crippen MR) is 86.8 cm³/mol. The lowest BCUT2D eigenvalue weighted by molar-refractivity contribution is 0.241. The molecular weight excluding hydrogens is 303 g/mol. The van der Waals surface area contributed by atoms with Crippen molar-refractivity contribution < 1.29 is 13.4 Å². The van der Waals surface area contributed by atoms with E-state index in [9.17, 15) is 13.4 Å². The van der Waals surface area contributed by atoms with Crippen molar-refractivity contribution in [3.05, 3.63) is 35.6 Å². The molecule has 0 spiro atoms. The first-order valence-electron chi connectivity index (χ1n) is 7.45. The van der Waals surface area contributed by atoms with Gasteiger partial charge in [0.1, 0.15) is 5.82 Å². The van der Waals surface area contributed by atoms with Crippen LogP contribution in [0.25, 0.3) is 0 Å². The summed E-state index contributed by atoms with van der Waals surface area (Å²) < 4.78 is 24.7. The van der Waals surface area contributed by atoms with Gasteiger partial charge in [0.25, 0.3) is 0 Å². The van der Waals surface area contributed by atoms with Gasteiger partial charge in [0.2, 0.25) is 0 Å². The van der Waals surface area contributed by atoms with Crippen molar-refractivity contribution in [1.82, 2.24) is 10.6 Å². The van der Waals surface area contributed by atoms with Crippen LogP contribution in [-0.4, -0.2) is 33.3 Å². The number of carbonyl (C=O) groups is 1. The smallest absolute Gasteiger partial charge is 0.315 e. The van der Waals surface area contributed by atoms with Gasteiger partial charge in [0.05, 0.1) is 0 Å². The lowest BCUT2D eigenvalue weighted by Crippen LogP contribution is -2.40. The molecule has 1 fully saturated rings. The number of nitrogens with one attached hydrogen (secondary N) is 2. The average molecular weight is 326 g/mol. The van der Waals surface area contributed by atoms with E-state index in [1.165, 1.54) is 12.1 Å². The van der Waals surface area contributed by atoms with Gasteiger partial charge in [0.15, 0.2) is 0 Å². The molecule has 1 aromatic carbocycles. The molecule has 0 heterocycles. The lowest BCUT2D eigenvalue weighted by atomic mass is 10.1. The predicted octanol–water partition coefficient (Wildman–Crippen LogP) is 2.53. The minimum atomic E-state index is -0.974. The molecule has 0 saturated heterocycles. The molecule has 2 amide bonds. The van der Waals surface area contributed by atoms with Crippen molar-refractivity contribution in [2.75, 3.05) is 12.3 Å². The van der Waals surface area contributed by atoms with Crippen molar-refractivity contribution >= 4 is 16.8 Å². The second-order valence-electron chi connectivity index (χ2n) is 6.57. The van der Waals surface area contributed by atoms with Gasteiger partial charge in [-0.2, -0.15) is 0 Å². The van der Waals surface area contributed by atoms with Crippen LogP contribution in [0.1, 0.15) is 38.7 Å². The number of halogens is 1. The summed E-state index contributed by atoms with van der Waals surface area (Å²) in [6, 6.07) is 6.28. The van der Waals surface area contributed by atoms with Gasteiger partial charge >= 0.3 is 6.03 Å². The molecule has 1 aliphatic rings. The van der Waals surface area contributed by atoms with Gasteiger partial charge in [-0.25, -0.2) is 9.18 Å². The molecule has 1 saturated carbocycles. The highest BCUT2D eigenvalue weighted by molar-refractivity contribution is 7.86. The maximum absolute atomic E-state index is 13.2. The zero-order valence-corrected chi connectivity index (χ0v) is 14.0. The Balaban J connectivity index is 1.70. The van der Waals surface area contributed by atoms with Crippen molar-refractivity contribution in [2.24, 2.45) is 0 Å². The highest BCUT2D eigenvalue weighted by atomic mass is 32.2. The van der Waals surface area contributed by atoms with E-state index in [2.05, 4.69) is 10.6 Å². The van der Waals surface area contributed by atoms with E-state index in [0.29, 0.717) is 12.3 Å². The number of urea groups is 1. The zero-order chi connectivity index (χ0) is 16.3. The third-order valence-electron chi connectivity index (χ3n) is 3.64. The van der Waals surface area contributed by atoms with E-state index < -0.39 is 10.8 Å². The molecular formula is C16H23FN2O2S. The first kappa shape index (κ1) is 16.9. The Morgan fingerprint density at radius 1 is 1.41 bits per heavy atom. The number of amides is 2. The number of benzene rings is 1. The van der Waals surface area contributed by atoms with Crippen molar-refractivity contribution in [2.45, 2.75) is 43.9 Å². The van der Waals surface area contributed by atoms with Crippen LogP contribution in [0.3, 0.4) is 0 Å². The Morgan fingerprint density at radius 2 is 2.14 bits per heavy atom. The summed E-state index contributed by atoms with van der Waals surface area (Å²) in [5.41, 5.74) is 0.916. The number of hydrogen-bond acceptors (Lipinski definition) is 2. The fourth-order valence-corrected chi connectivity index (χ4v) is 3.14. The summed E-state index contributed by atoms with van der Waals surface area (Å²) in [5, 5.41) is 5.59. The van der Waals surface area contributed by atoms with Crippen molar-refractivity contribution in [1.29, 1.82) is 0 Å². The molecule has 2 N–H and O–H groups in total. The highest BCUT2D eigenvalue weighted by Gasteiger charge is 2.39. The Morgan fingerprint density at radius 3 is 2.77 bits per heavy atom. The van der Waals surface area contributed by atoms with Gasteiger partial charge in [-0.3, -0.25) is 4.21 Å². The Kier molecular flexibility index (Phi) is 5.21. The summed E-state index contributed by atoms with van der Waals surface area (Å²) in [7, 11) is -0.974. The Labute approximate surface area is 133 Å². The van der Waals surface area contributed by atoms with E-state index in [0.717, 1.165) is 12.0 Å². The maximum Gasteiger partial charge on any atom is 0.315 e. The molecule has 4 nitrogen and oxygen atoms in total. The normalized spacial score (nSPS) is 22.0.